The molecule has 4 aliphatic rings. The molecule has 4 aliphatic carbocycles. The first kappa shape index (κ1) is 15.6. The van der Waals surface area contributed by atoms with Crippen molar-refractivity contribution in [2.24, 2.45) is 35.5 Å². The Hall–Kier alpha value is 1.05. The van der Waals surface area contributed by atoms with Crippen LogP contribution in [0.3, 0.4) is 0 Å². The number of thioether (sulfide) groups is 1. The normalized spacial score (nSPS) is 51.1. The fourth-order valence-electron chi connectivity index (χ4n) is 6.22. The lowest BCUT2D eigenvalue weighted by Crippen LogP contribution is -2.23. The van der Waals surface area contributed by atoms with Crippen molar-refractivity contribution in [2.45, 2.75) is 61.9 Å². The highest BCUT2D eigenvalue weighted by Gasteiger charge is 2.46. The van der Waals surface area contributed by atoms with Crippen molar-refractivity contribution in [1.29, 1.82) is 0 Å². The Kier molecular flexibility index (Phi) is 4.83. The summed E-state index contributed by atoms with van der Waals surface area (Å²) in [5.74, 6) is 8.71. The molecule has 0 aliphatic heterocycles. The van der Waals surface area contributed by atoms with Gasteiger partial charge in [0.15, 0.2) is 0 Å². The topological polar surface area (TPSA) is 0 Å². The van der Waals surface area contributed by atoms with Crippen molar-refractivity contribution in [3.8, 4) is 0 Å². The largest absolute Gasteiger partial charge is 0.179 e. The summed E-state index contributed by atoms with van der Waals surface area (Å²) in [5, 5.41) is 1.75. The van der Waals surface area contributed by atoms with E-state index in [9.17, 15) is 0 Å². The number of rotatable bonds is 6. The summed E-state index contributed by atoms with van der Waals surface area (Å²) < 4.78 is 0. The van der Waals surface area contributed by atoms with Crippen LogP contribution in [-0.4, -0.2) is 22.0 Å². The summed E-state index contributed by atoms with van der Waals surface area (Å²) >= 11 is 11.6. The average Bonchev–Trinajstić information content (AvgIpc) is 3.18. The van der Waals surface area contributed by atoms with E-state index in [0.29, 0.717) is 0 Å². The molecule has 4 bridgehead atoms. The van der Waals surface area contributed by atoms with Gasteiger partial charge < -0.3 is 0 Å². The first-order valence-electron chi connectivity index (χ1n) is 9.15. The number of hydrogen-bond donors (Lipinski definition) is 2. The first-order chi connectivity index (χ1) is 10.2. The molecule has 0 heterocycles. The van der Waals surface area contributed by atoms with Crippen LogP contribution < -0.4 is 0 Å². The SMILES string of the molecule is SCCC1CC2CC1CC2SCCC1CC2CC(S)C1C2. The molecule has 8 unspecified atom stereocenters. The third-order valence-corrected chi connectivity index (χ3v) is 9.50. The molecule has 0 nitrogen and oxygen atoms in total. The van der Waals surface area contributed by atoms with E-state index in [1.165, 1.54) is 50.7 Å². The van der Waals surface area contributed by atoms with Crippen LogP contribution >= 0.6 is 37.0 Å². The lowest BCUT2D eigenvalue weighted by atomic mass is 9.86. The number of thiol groups is 2. The zero-order valence-corrected chi connectivity index (χ0v) is 15.6. The van der Waals surface area contributed by atoms with Gasteiger partial charge in [0, 0.05) is 10.5 Å². The zero-order chi connectivity index (χ0) is 14.4. The zero-order valence-electron chi connectivity index (χ0n) is 13.0. The van der Waals surface area contributed by atoms with Crippen LogP contribution in [0.5, 0.6) is 0 Å². The van der Waals surface area contributed by atoms with Crippen LogP contribution in [0.2, 0.25) is 0 Å². The second kappa shape index (κ2) is 6.51. The van der Waals surface area contributed by atoms with Crippen molar-refractivity contribution in [1.82, 2.24) is 0 Å². The molecule has 21 heavy (non-hydrogen) atoms. The van der Waals surface area contributed by atoms with E-state index in [4.69, 9.17) is 12.6 Å². The van der Waals surface area contributed by atoms with Crippen LogP contribution in [0.25, 0.3) is 0 Å². The predicted molar refractivity (Wildman–Crippen MR) is 101 cm³/mol. The highest BCUT2D eigenvalue weighted by Crippen LogP contribution is 2.55. The summed E-state index contributed by atoms with van der Waals surface area (Å²) in [6.45, 7) is 0. The smallest absolute Gasteiger partial charge is 0.00782 e. The monoisotopic (exact) mass is 342 g/mol. The van der Waals surface area contributed by atoms with E-state index in [0.717, 1.165) is 51.8 Å². The third kappa shape index (κ3) is 3.05. The van der Waals surface area contributed by atoms with Gasteiger partial charge >= 0.3 is 0 Å². The van der Waals surface area contributed by atoms with Crippen LogP contribution in [0.15, 0.2) is 0 Å². The lowest BCUT2D eigenvalue weighted by molar-refractivity contribution is 0.329. The quantitative estimate of drug-likeness (QED) is 0.626. The molecule has 0 saturated heterocycles. The maximum Gasteiger partial charge on any atom is 0.00782 e. The van der Waals surface area contributed by atoms with Crippen molar-refractivity contribution >= 4 is 37.0 Å². The Balaban J connectivity index is 1.20. The van der Waals surface area contributed by atoms with E-state index in [1.54, 1.807) is 6.42 Å². The van der Waals surface area contributed by atoms with E-state index in [-0.39, 0.29) is 0 Å². The summed E-state index contributed by atoms with van der Waals surface area (Å²) in [6, 6.07) is 0. The first-order valence-corrected chi connectivity index (χ1v) is 11.3. The van der Waals surface area contributed by atoms with E-state index in [2.05, 4.69) is 24.4 Å². The highest BCUT2D eigenvalue weighted by atomic mass is 32.2. The van der Waals surface area contributed by atoms with E-state index in [1.807, 2.05) is 0 Å². The van der Waals surface area contributed by atoms with Gasteiger partial charge in [0.05, 0.1) is 0 Å². The number of fused-ring (bicyclic) bond motifs is 4. The molecule has 0 aromatic carbocycles. The molecule has 0 aromatic rings. The molecule has 0 N–H and O–H groups in total. The minimum atomic E-state index is 0.739. The minimum absolute atomic E-state index is 0.739. The second-order valence-corrected chi connectivity index (χ2v) is 10.7. The maximum atomic E-state index is 4.82. The molecule has 4 saturated carbocycles. The highest BCUT2D eigenvalue weighted by molar-refractivity contribution is 7.99. The average molecular weight is 343 g/mol. The second-order valence-electron chi connectivity index (χ2n) is 8.26. The Labute approximate surface area is 145 Å². The van der Waals surface area contributed by atoms with Crippen molar-refractivity contribution in [3.05, 3.63) is 0 Å². The van der Waals surface area contributed by atoms with Gasteiger partial charge in [-0.15, -0.1) is 0 Å². The van der Waals surface area contributed by atoms with Crippen molar-refractivity contribution in [3.63, 3.8) is 0 Å². The van der Waals surface area contributed by atoms with Gasteiger partial charge in [0.1, 0.15) is 0 Å². The van der Waals surface area contributed by atoms with Crippen molar-refractivity contribution in [2.75, 3.05) is 11.5 Å². The standard InChI is InChI=1S/C18H30S3/c19-3-1-12-8-15-9-14(12)10-18(15)21-4-2-13-5-11-6-16(13)17(20)7-11/h11-20H,1-10H2. The maximum absolute atomic E-state index is 4.82. The van der Waals surface area contributed by atoms with Gasteiger partial charge in [-0.1, -0.05) is 0 Å². The van der Waals surface area contributed by atoms with Gasteiger partial charge in [-0.3, -0.25) is 0 Å². The van der Waals surface area contributed by atoms with Gasteiger partial charge in [-0.25, -0.2) is 0 Å². The predicted octanol–water partition coefficient (Wildman–Crippen LogP) is 5.19. The van der Waals surface area contributed by atoms with Gasteiger partial charge in [-0.05, 0) is 98.4 Å². The van der Waals surface area contributed by atoms with Gasteiger partial charge in [0.25, 0.3) is 0 Å². The molecule has 0 aromatic heterocycles. The lowest BCUT2D eigenvalue weighted by Gasteiger charge is -2.29. The molecular formula is C18H30S3. The molecule has 3 heteroatoms. The van der Waals surface area contributed by atoms with Crippen molar-refractivity contribution < 1.29 is 0 Å². The Morgan fingerprint density at radius 2 is 1.76 bits per heavy atom. The molecule has 120 valence electrons. The Morgan fingerprint density at radius 3 is 2.43 bits per heavy atom. The summed E-state index contributed by atoms with van der Waals surface area (Å²) in [5.41, 5.74) is 0. The number of hydrogen-bond acceptors (Lipinski definition) is 3. The van der Waals surface area contributed by atoms with Crippen LogP contribution in [-0.2, 0) is 0 Å². The van der Waals surface area contributed by atoms with E-state index >= 15 is 0 Å². The van der Waals surface area contributed by atoms with Crippen LogP contribution in [0, 0.1) is 35.5 Å². The Morgan fingerprint density at radius 1 is 0.857 bits per heavy atom. The van der Waals surface area contributed by atoms with Gasteiger partial charge in [-0.2, -0.15) is 37.0 Å². The summed E-state index contributed by atoms with van der Waals surface area (Å²) in [4.78, 5) is 0. The molecule has 8 atom stereocenters. The molecule has 0 radical (unpaired) electrons. The molecule has 4 fully saturated rings. The van der Waals surface area contributed by atoms with Gasteiger partial charge in [0.2, 0.25) is 0 Å². The molecule has 4 rings (SSSR count). The minimum Gasteiger partial charge on any atom is -0.179 e. The summed E-state index contributed by atoms with van der Waals surface area (Å²) in [6.07, 6.45) is 11.9. The van der Waals surface area contributed by atoms with E-state index < -0.39 is 0 Å². The van der Waals surface area contributed by atoms with Crippen LogP contribution in [0.4, 0.5) is 0 Å². The Bertz CT molecular complexity index is 371. The molecular weight excluding hydrogens is 312 g/mol. The third-order valence-electron chi connectivity index (χ3n) is 7.18. The summed E-state index contributed by atoms with van der Waals surface area (Å²) in [7, 11) is 0. The fraction of sp³-hybridized carbons (Fsp3) is 1.00. The molecule has 0 amide bonds. The molecule has 0 spiro atoms. The van der Waals surface area contributed by atoms with Crippen LogP contribution in [0.1, 0.15) is 51.4 Å². The fourth-order valence-corrected chi connectivity index (χ4v) is 8.84.